The molecule has 0 spiro atoms. The molecule has 0 heterocycles. The molecule has 0 aliphatic carbocycles. The maximum atomic E-state index is 10.7. The molecular formula is CBF6LiO3S. The van der Waals surface area contributed by atoms with Gasteiger partial charge in [-0.15, -0.1) is 0 Å². The molecule has 3 nitrogen and oxygen atoms in total. The van der Waals surface area contributed by atoms with Crippen LogP contribution in [0.5, 0.6) is 0 Å². The summed E-state index contributed by atoms with van der Waals surface area (Å²) in [5.74, 6) is 0. The summed E-state index contributed by atoms with van der Waals surface area (Å²) >= 11 is 0. The summed E-state index contributed by atoms with van der Waals surface area (Å²) in [4.78, 5) is 0. The van der Waals surface area contributed by atoms with Crippen molar-refractivity contribution < 1.29 is 57.9 Å². The maximum absolute atomic E-state index is 10.7. The van der Waals surface area contributed by atoms with Gasteiger partial charge in [-0.25, -0.2) is 8.42 Å². The van der Waals surface area contributed by atoms with Crippen molar-refractivity contribution in [2.24, 2.45) is 0 Å². The number of hydrogen-bond acceptors (Lipinski definition) is 3. The SMILES string of the molecule is FB(F)F.O=S(=O)([O-])C(F)(F)F.[Li+]. The van der Waals surface area contributed by atoms with Crippen molar-refractivity contribution in [3.05, 3.63) is 0 Å². The van der Waals surface area contributed by atoms with E-state index in [1.54, 1.807) is 0 Å². The fourth-order valence-corrected chi connectivity index (χ4v) is 0. The van der Waals surface area contributed by atoms with Gasteiger partial charge in [-0.2, -0.15) is 13.2 Å². The van der Waals surface area contributed by atoms with Crippen LogP contribution in [0.2, 0.25) is 0 Å². The standard InChI is InChI=1S/CHF3O3S.BF3.Li/c2-1(3,4)8(5,6)7;2-1(3)4;/h(H,5,6,7);;/q;;+1/p-1. The monoisotopic (exact) mass is 224 g/mol. The molecule has 0 radical (unpaired) electrons. The second kappa shape index (κ2) is 6.58. The van der Waals surface area contributed by atoms with Crippen molar-refractivity contribution in [1.29, 1.82) is 0 Å². The molecule has 74 valence electrons. The van der Waals surface area contributed by atoms with Crippen molar-refractivity contribution >= 4 is 17.7 Å². The molecule has 0 bridgehead atoms. The van der Waals surface area contributed by atoms with Crippen LogP contribution in [-0.2, 0) is 10.1 Å². The van der Waals surface area contributed by atoms with Gasteiger partial charge in [0.25, 0.3) is 0 Å². The van der Waals surface area contributed by atoms with Gasteiger partial charge in [0.1, 0.15) is 0 Å². The van der Waals surface area contributed by atoms with E-state index in [4.69, 9.17) is 13.0 Å². The molecule has 13 heavy (non-hydrogen) atoms. The van der Waals surface area contributed by atoms with Gasteiger partial charge >= 0.3 is 31.9 Å². The molecule has 0 aromatic rings. The molecule has 0 amide bonds. The molecule has 0 saturated carbocycles. The number of hydrogen-bond donors (Lipinski definition) is 0. The minimum Gasteiger partial charge on any atom is -0.741 e. The third-order valence-electron chi connectivity index (χ3n) is 0.283. The minimum atomic E-state index is -6.09. The fourth-order valence-electron chi connectivity index (χ4n) is 0. The maximum Gasteiger partial charge on any atom is 1.00 e. The average molecular weight is 224 g/mol. The Morgan fingerprint density at radius 1 is 1.08 bits per heavy atom. The second-order valence-electron chi connectivity index (χ2n) is 1.15. The summed E-state index contributed by atoms with van der Waals surface area (Å²) in [6.45, 7) is 0. The van der Waals surface area contributed by atoms with Crippen LogP contribution < -0.4 is 18.9 Å². The Kier molecular flexibility index (Phi) is 9.54. The smallest absolute Gasteiger partial charge is 0.741 e. The Morgan fingerprint density at radius 2 is 1.15 bits per heavy atom. The molecule has 12 heteroatoms. The molecule has 0 saturated heterocycles. The third-order valence-corrected chi connectivity index (χ3v) is 0.850. The van der Waals surface area contributed by atoms with E-state index in [0.29, 0.717) is 0 Å². The molecule has 0 aliphatic rings. The summed E-state index contributed by atoms with van der Waals surface area (Å²) < 4.78 is 87.9. The van der Waals surface area contributed by atoms with Crippen molar-refractivity contribution in [1.82, 2.24) is 0 Å². The summed E-state index contributed by atoms with van der Waals surface area (Å²) in [6.07, 6.45) is 0. The zero-order chi connectivity index (χ0) is 10.6. The fraction of sp³-hybridized carbons (Fsp3) is 1.00. The topological polar surface area (TPSA) is 57.2 Å². The zero-order valence-corrected chi connectivity index (χ0v) is 6.79. The van der Waals surface area contributed by atoms with Crippen LogP contribution in [0.1, 0.15) is 0 Å². The molecular weight excluding hydrogens is 224 g/mol. The number of alkyl halides is 3. The first-order valence-corrected chi connectivity index (χ1v) is 3.33. The van der Waals surface area contributed by atoms with Gasteiger partial charge in [0.05, 0.1) is 0 Å². The van der Waals surface area contributed by atoms with Crippen molar-refractivity contribution in [2.75, 3.05) is 0 Å². The van der Waals surface area contributed by atoms with Gasteiger partial charge < -0.3 is 4.55 Å². The largest absolute Gasteiger partial charge is 1.00 e. The average Bonchev–Trinajstić information content (AvgIpc) is 1.55. The summed E-state index contributed by atoms with van der Waals surface area (Å²) in [5.41, 5.74) is -5.65. The number of rotatable bonds is 0. The predicted molar refractivity (Wildman–Crippen MR) is 24.8 cm³/mol. The molecule has 0 N–H and O–H groups in total. The van der Waals surface area contributed by atoms with Crippen LogP contribution in [0.25, 0.3) is 0 Å². The van der Waals surface area contributed by atoms with E-state index >= 15 is 0 Å². The van der Waals surface area contributed by atoms with Crippen LogP contribution >= 0.6 is 0 Å². The molecule has 0 rings (SSSR count). The van der Waals surface area contributed by atoms with E-state index in [2.05, 4.69) is 0 Å². The minimum absolute atomic E-state index is 0. The van der Waals surface area contributed by atoms with Crippen molar-refractivity contribution in [3.8, 4) is 0 Å². The first kappa shape index (κ1) is 18.8. The van der Waals surface area contributed by atoms with Crippen molar-refractivity contribution in [2.45, 2.75) is 5.51 Å². The Bertz CT molecular complexity index is 208. The summed E-state index contributed by atoms with van der Waals surface area (Å²) in [6, 6.07) is 0. The van der Waals surface area contributed by atoms with Crippen LogP contribution in [0.15, 0.2) is 0 Å². The van der Waals surface area contributed by atoms with E-state index < -0.39 is 23.2 Å². The molecule has 0 unspecified atom stereocenters. The normalized spacial score (nSPS) is 10.7. The molecule has 0 aliphatic heterocycles. The van der Waals surface area contributed by atoms with Gasteiger partial charge in [0.2, 0.25) is 0 Å². The number of halogens is 6. The first-order valence-electron chi connectivity index (χ1n) is 1.93. The Morgan fingerprint density at radius 3 is 1.15 bits per heavy atom. The van der Waals surface area contributed by atoms with Gasteiger partial charge in [-0.3, -0.25) is 12.9 Å². The van der Waals surface area contributed by atoms with E-state index in [1.165, 1.54) is 0 Å². The molecule has 0 aromatic heterocycles. The molecule has 0 fully saturated rings. The summed E-state index contributed by atoms with van der Waals surface area (Å²) in [5, 5.41) is 0. The van der Waals surface area contributed by atoms with Gasteiger partial charge in [0, 0.05) is 0 Å². The van der Waals surface area contributed by atoms with Gasteiger partial charge in [0.15, 0.2) is 10.1 Å². The quantitative estimate of drug-likeness (QED) is 0.205. The van der Waals surface area contributed by atoms with E-state index in [1.807, 2.05) is 0 Å². The Labute approximate surface area is 81.6 Å². The Balaban J connectivity index is -0.000000173. The summed E-state index contributed by atoms with van der Waals surface area (Å²) in [7, 11) is -9.76. The van der Waals surface area contributed by atoms with E-state index in [9.17, 15) is 26.1 Å². The third kappa shape index (κ3) is 15.0. The van der Waals surface area contributed by atoms with E-state index in [0.717, 1.165) is 0 Å². The van der Waals surface area contributed by atoms with Crippen LogP contribution in [-0.4, -0.2) is 26.0 Å². The first-order chi connectivity index (χ1) is 4.98. The van der Waals surface area contributed by atoms with Crippen LogP contribution in [0.4, 0.5) is 26.1 Å². The molecule has 0 aromatic carbocycles. The van der Waals surface area contributed by atoms with Crippen LogP contribution in [0, 0.1) is 0 Å². The second-order valence-corrected chi connectivity index (χ2v) is 2.52. The zero-order valence-electron chi connectivity index (χ0n) is 5.98. The van der Waals surface area contributed by atoms with Gasteiger partial charge in [-0.1, -0.05) is 0 Å². The van der Waals surface area contributed by atoms with Crippen molar-refractivity contribution in [3.63, 3.8) is 0 Å². The van der Waals surface area contributed by atoms with Crippen LogP contribution in [0.3, 0.4) is 0 Å². The van der Waals surface area contributed by atoms with Gasteiger partial charge in [-0.05, 0) is 0 Å². The Hall–Kier alpha value is 0.152. The molecule has 0 atom stereocenters. The van der Waals surface area contributed by atoms with E-state index in [-0.39, 0.29) is 18.9 Å². The predicted octanol–water partition coefficient (Wildman–Crippen LogP) is -2.06.